The van der Waals surface area contributed by atoms with Gasteiger partial charge in [-0.25, -0.2) is 18.0 Å². The van der Waals surface area contributed by atoms with E-state index in [1.165, 1.54) is 8.52 Å². The normalized spacial score (nSPS) is 11.0. The first-order valence-corrected chi connectivity index (χ1v) is 7.68. The first-order chi connectivity index (χ1) is 10.7. The Morgan fingerprint density at radius 1 is 1.14 bits per heavy atom. The SMILES string of the molecule is CCn1sc(=O)n(Cc2cnnn2Cc2ccccc2)c1=O. The molecular formula is C14H15N5O2S. The lowest BCUT2D eigenvalue weighted by Crippen LogP contribution is -2.30. The summed E-state index contributed by atoms with van der Waals surface area (Å²) in [4.78, 5) is 23.8. The number of hydrogen-bond donors (Lipinski definition) is 0. The Balaban J connectivity index is 1.89. The van der Waals surface area contributed by atoms with Crippen molar-refractivity contribution in [3.63, 3.8) is 0 Å². The standard InChI is InChI=1S/C14H15N5O2S/c1-2-19-13(20)17(14(21)22-19)10-12-8-15-16-18(12)9-11-6-4-3-5-7-11/h3-8H,2,9-10H2,1H3. The third-order valence-corrected chi connectivity index (χ3v) is 4.34. The van der Waals surface area contributed by atoms with Crippen LogP contribution in [0.15, 0.2) is 46.1 Å². The second-order valence-corrected chi connectivity index (χ2v) is 5.76. The van der Waals surface area contributed by atoms with Crippen molar-refractivity contribution in [2.75, 3.05) is 0 Å². The fourth-order valence-electron chi connectivity index (χ4n) is 2.18. The van der Waals surface area contributed by atoms with Crippen LogP contribution >= 0.6 is 11.5 Å². The maximum absolute atomic E-state index is 12.1. The lowest BCUT2D eigenvalue weighted by molar-refractivity contribution is 0.583. The van der Waals surface area contributed by atoms with Crippen LogP contribution in [0, 0.1) is 0 Å². The van der Waals surface area contributed by atoms with E-state index in [1.54, 1.807) is 10.9 Å². The van der Waals surface area contributed by atoms with Gasteiger partial charge in [-0.3, -0.25) is 4.79 Å². The predicted molar refractivity (Wildman–Crippen MR) is 83.2 cm³/mol. The lowest BCUT2D eigenvalue weighted by atomic mass is 10.2. The Kier molecular flexibility index (Phi) is 4.01. The van der Waals surface area contributed by atoms with Gasteiger partial charge in [0, 0.05) is 18.1 Å². The Morgan fingerprint density at radius 3 is 2.59 bits per heavy atom. The molecule has 3 aromatic rings. The quantitative estimate of drug-likeness (QED) is 0.697. The molecule has 0 amide bonds. The number of aromatic nitrogens is 5. The van der Waals surface area contributed by atoms with Gasteiger partial charge in [-0.05, 0) is 12.5 Å². The molecule has 0 spiro atoms. The van der Waals surface area contributed by atoms with E-state index in [-0.39, 0.29) is 17.1 Å². The smallest absolute Gasteiger partial charge is 0.255 e. The van der Waals surface area contributed by atoms with Gasteiger partial charge in [0.25, 0.3) is 0 Å². The third kappa shape index (κ3) is 2.77. The minimum atomic E-state index is -0.287. The third-order valence-electron chi connectivity index (χ3n) is 3.33. The van der Waals surface area contributed by atoms with Crippen molar-refractivity contribution >= 4 is 11.5 Å². The van der Waals surface area contributed by atoms with E-state index in [2.05, 4.69) is 10.3 Å². The predicted octanol–water partition coefficient (Wildman–Crippen LogP) is 0.779. The second kappa shape index (κ2) is 6.10. The molecule has 0 saturated carbocycles. The summed E-state index contributed by atoms with van der Waals surface area (Å²) in [5.74, 6) is 0. The van der Waals surface area contributed by atoms with Crippen molar-refractivity contribution in [3.05, 3.63) is 67.9 Å². The molecule has 0 aliphatic carbocycles. The molecule has 0 radical (unpaired) electrons. The van der Waals surface area contributed by atoms with Crippen molar-refractivity contribution in [3.8, 4) is 0 Å². The van der Waals surface area contributed by atoms with E-state index in [4.69, 9.17) is 0 Å². The van der Waals surface area contributed by atoms with Gasteiger partial charge in [0.2, 0.25) is 0 Å². The number of nitrogens with zero attached hydrogens (tertiary/aromatic N) is 5. The first-order valence-electron chi connectivity index (χ1n) is 6.91. The van der Waals surface area contributed by atoms with Crippen LogP contribution < -0.4 is 10.6 Å². The molecule has 8 heteroatoms. The second-order valence-electron chi connectivity index (χ2n) is 4.79. The summed E-state index contributed by atoms with van der Waals surface area (Å²) in [5, 5.41) is 7.93. The van der Waals surface area contributed by atoms with E-state index >= 15 is 0 Å². The van der Waals surface area contributed by atoms with Crippen molar-refractivity contribution in [1.82, 2.24) is 23.5 Å². The fraction of sp³-hybridized carbons (Fsp3) is 0.286. The molecule has 0 saturated heterocycles. The van der Waals surface area contributed by atoms with Crippen LogP contribution in [0.25, 0.3) is 0 Å². The van der Waals surface area contributed by atoms with Crippen LogP contribution in [0.2, 0.25) is 0 Å². The Labute approximate surface area is 130 Å². The minimum absolute atomic E-state index is 0.182. The van der Waals surface area contributed by atoms with E-state index in [1.807, 2.05) is 37.3 Å². The molecular weight excluding hydrogens is 302 g/mol. The summed E-state index contributed by atoms with van der Waals surface area (Å²) in [6.07, 6.45) is 1.59. The molecule has 22 heavy (non-hydrogen) atoms. The van der Waals surface area contributed by atoms with Gasteiger partial charge in [-0.15, -0.1) is 5.10 Å². The highest BCUT2D eigenvalue weighted by Crippen LogP contribution is 2.05. The number of rotatable bonds is 5. The van der Waals surface area contributed by atoms with Crippen LogP contribution in [-0.2, 0) is 19.6 Å². The van der Waals surface area contributed by atoms with Crippen molar-refractivity contribution in [2.24, 2.45) is 0 Å². The summed E-state index contributed by atoms with van der Waals surface area (Å²) in [7, 11) is 0. The average molecular weight is 317 g/mol. The minimum Gasteiger partial charge on any atom is -0.255 e. The molecule has 0 aliphatic heterocycles. The molecule has 7 nitrogen and oxygen atoms in total. The van der Waals surface area contributed by atoms with E-state index < -0.39 is 0 Å². The zero-order valence-corrected chi connectivity index (χ0v) is 12.9. The highest BCUT2D eigenvalue weighted by atomic mass is 32.1. The summed E-state index contributed by atoms with van der Waals surface area (Å²) in [6, 6.07) is 9.84. The van der Waals surface area contributed by atoms with Gasteiger partial charge in [0.15, 0.2) is 0 Å². The van der Waals surface area contributed by atoms with Gasteiger partial charge >= 0.3 is 10.6 Å². The molecule has 0 fully saturated rings. The molecule has 3 rings (SSSR count). The number of hydrogen-bond acceptors (Lipinski definition) is 5. The van der Waals surface area contributed by atoms with Gasteiger partial charge in [0.05, 0.1) is 25.0 Å². The molecule has 1 aromatic carbocycles. The van der Waals surface area contributed by atoms with Crippen LogP contribution in [0.3, 0.4) is 0 Å². The highest BCUT2D eigenvalue weighted by molar-refractivity contribution is 7.03. The highest BCUT2D eigenvalue weighted by Gasteiger charge is 2.12. The summed E-state index contributed by atoms with van der Waals surface area (Å²) in [6.45, 7) is 3.06. The van der Waals surface area contributed by atoms with Crippen LogP contribution in [0.5, 0.6) is 0 Å². The molecule has 0 N–H and O–H groups in total. The Morgan fingerprint density at radius 2 is 1.91 bits per heavy atom. The van der Waals surface area contributed by atoms with Gasteiger partial charge in [-0.2, -0.15) is 0 Å². The molecule has 0 bridgehead atoms. The number of benzene rings is 1. The maximum atomic E-state index is 12.1. The van der Waals surface area contributed by atoms with E-state index in [0.29, 0.717) is 13.1 Å². The monoisotopic (exact) mass is 317 g/mol. The topological polar surface area (TPSA) is 74.7 Å². The number of aryl methyl sites for hydroxylation is 1. The summed E-state index contributed by atoms with van der Waals surface area (Å²) < 4.78 is 4.36. The van der Waals surface area contributed by atoms with Crippen molar-refractivity contribution < 1.29 is 0 Å². The summed E-state index contributed by atoms with van der Waals surface area (Å²) >= 11 is 0.934. The van der Waals surface area contributed by atoms with Crippen LogP contribution in [-0.4, -0.2) is 23.5 Å². The van der Waals surface area contributed by atoms with Crippen LogP contribution in [0.1, 0.15) is 18.2 Å². The fourth-order valence-corrected chi connectivity index (χ4v) is 2.92. The maximum Gasteiger partial charge on any atom is 0.341 e. The molecule has 0 atom stereocenters. The zero-order valence-electron chi connectivity index (χ0n) is 12.0. The van der Waals surface area contributed by atoms with Crippen molar-refractivity contribution in [1.29, 1.82) is 0 Å². The molecule has 2 aromatic heterocycles. The molecule has 0 unspecified atom stereocenters. The van der Waals surface area contributed by atoms with Gasteiger partial charge < -0.3 is 0 Å². The van der Waals surface area contributed by atoms with Crippen molar-refractivity contribution in [2.45, 2.75) is 26.6 Å². The molecule has 2 heterocycles. The lowest BCUT2D eigenvalue weighted by Gasteiger charge is -2.06. The largest absolute Gasteiger partial charge is 0.341 e. The van der Waals surface area contributed by atoms with Gasteiger partial charge in [0.1, 0.15) is 0 Å². The summed E-state index contributed by atoms with van der Waals surface area (Å²) in [5.41, 5.74) is 1.52. The first kappa shape index (κ1) is 14.5. The van der Waals surface area contributed by atoms with Gasteiger partial charge in [-0.1, -0.05) is 35.5 Å². The molecule has 114 valence electrons. The Hall–Kier alpha value is -2.48. The Bertz CT molecular complexity index is 875. The van der Waals surface area contributed by atoms with Crippen LogP contribution in [0.4, 0.5) is 0 Å². The zero-order chi connectivity index (χ0) is 15.5. The molecule has 0 aliphatic rings. The van der Waals surface area contributed by atoms with E-state index in [9.17, 15) is 9.59 Å². The van der Waals surface area contributed by atoms with E-state index in [0.717, 1.165) is 22.8 Å². The average Bonchev–Trinajstić information content (AvgIpc) is 3.07.